The van der Waals surface area contributed by atoms with Gasteiger partial charge in [-0.05, 0) is 25.5 Å². The second-order valence-corrected chi connectivity index (χ2v) is 3.78. The van der Waals surface area contributed by atoms with Crippen LogP contribution >= 0.6 is 0 Å². The van der Waals surface area contributed by atoms with Crippen LogP contribution in [-0.4, -0.2) is 30.2 Å². The van der Waals surface area contributed by atoms with Crippen LogP contribution in [-0.2, 0) is 4.74 Å². The molecule has 1 saturated heterocycles. The molecule has 15 heavy (non-hydrogen) atoms. The lowest BCUT2D eigenvalue weighted by molar-refractivity contribution is 0.0377. The van der Waals surface area contributed by atoms with Crippen molar-refractivity contribution in [2.75, 3.05) is 13.2 Å². The molecule has 1 heterocycles. The van der Waals surface area contributed by atoms with E-state index in [1.807, 2.05) is 38.1 Å². The zero-order valence-electron chi connectivity index (χ0n) is 9.06. The van der Waals surface area contributed by atoms with Gasteiger partial charge in [0.25, 0.3) is 5.91 Å². The lowest BCUT2D eigenvalue weighted by Crippen LogP contribution is -2.34. The van der Waals surface area contributed by atoms with E-state index in [4.69, 9.17) is 4.74 Å². The van der Waals surface area contributed by atoms with Crippen LogP contribution in [0.15, 0.2) is 24.3 Å². The highest BCUT2D eigenvalue weighted by Gasteiger charge is 2.27. The maximum Gasteiger partial charge on any atom is 0.256 e. The monoisotopic (exact) mass is 205 g/mol. The number of carbonyl (C=O) groups is 1. The molecule has 1 amide bonds. The summed E-state index contributed by atoms with van der Waals surface area (Å²) in [6, 6.07) is 7.65. The van der Waals surface area contributed by atoms with Crippen molar-refractivity contribution in [2.45, 2.75) is 20.1 Å². The number of hydrogen-bond acceptors (Lipinski definition) is 2. The summed E-state index contributed by atoms with van der Waals surface area (Å²) in [5.41, 5.74) is 1.79. The molecule has 0 saturated carbocycles. The van der Waals surface area contributed by atoms with Crippen molar-refractivity contribution in [1.29, 1.82) is 0 Å². The Morgan fingerprint density at radius 1 is 1.47 bits per heavy atom. The fraction of sp³-hybridized carbons (Fsp3) is 0.417. The number of nitrogens with zero attached hydrogens (tertiary/aromatic N) is 1. The zero-order valence-corrected chi connectivity index (χ0v) is 9.06. The van der Waals surface area contributed by atoms with Crippen molar-refractivity contribution >= 4 is 5.91 Å². The summed E-state index contributed by atoms with van der Waals surface area (Å²) in [7, 11) is 0. The summed E-state index contributed by atoms with van der Waals surface area (Å²) in [5.74, 6) is 0.0677. The summed E-state index contributed by atoms with van der Waals surface area (Å²) < 4.78 is 5.35. The molecular formula is C12H15NO2. The van der Waals surface area contributed by atoms with Crippen LogP contribution in [0.2, 0.25) is 0 Å². The van der Waals surface area contributed by atoms with Crippen LogP contribution in [0, 0.1) is 6.92 Å². The Labute approximate surface area is 89.7 Å². The van der Waals surface area contributed by atoms with Crippen molar-refractivity contribution in [3.63, 3.8) is 0 Å². The van der Waals surface area contributed by atoms with Gasteiger partial charge in [-0.1, -0.05) is 18.2 Å². The van der Waals surface area contributed by atoms with Crippen LogP contribution in [0.4, 0.5) is 0 Å². The standard InChI is InChI=1S/C12H15NO2/c1-9-5-3-4-6-11(9)12(14)13-7-8-15-10(13)2/h3-6,10H,7-8H2,1-2H3. The number of benzene rings is 1. The number of carbonyl (C=O) groups excluding carboxylic acids is 1. The Balaban J connectivity index is 2.24. The first kappa shape index (κ1) is 10.2. The normalized spacial score (nSPS) is 20.7. The molecule has 1 aliphatic heterocycles. The lowest BCUT2D eigenvalue weighted by Gasteiger charge is -2.20. The highest BCUT2D eigenvalue weighted by Crippen LogP contribution is 2.16. The molecule has 1 unspecified atom stereocenters. The fourth-order valence-corrected chi connectivity index (χ4v) is 1.83. The molecule has 0 radical (unpaired) electrons. The van der Waals surface area contributed by atoms with Crippen molar-refractivity contribution in [2.24, 2.45) is 0 Å². The summed E-state index contributed by atoms with van der Waals surface area (Å²) in [4.78, 5) is 13.9. The topological polar surface area (TPSA) is 29.5 Å². The average molecular weight is 205 g/mol. The smallest absolute Gasteiger partial charge is 0.256 e. The number of hydrogen-bond donors (Lipinski definition) is 0. The first-order valence-corrected chi connectivity index (χ1v) is 5.18. The van der Waals surface area contributed by atoms with Gasteiger partial charge in [0, 0.05) is 12.1 Å². The second-order valence-electron chi connectivity index (χ2n) is 3.78. The Morgan fingerprint density at radius 3 is 2.80 bits per heavy atom. The van der Waals surface area contributed by atoms with E-state index in [-0.39, 0.29) is 12.1 Å². The van der Waals surface area contributed by atoms with Crippen molar-refractivity contribution in [3.8, 4) is 0 Å². The van der Waals surface area contributed by atoms with Crippen molar-refractivity contribution in [1.82, 2.24) is 4.90 Å². The van der Waals surface area contributed by atoms with Gasteiger partial charge < -0.3 is 9.64 Å². The fourth-order valence-electron chi connectivity index (χ4n) is 1.83. The first-order valence-electron chi connectivity index (χ1n) is 5.18. The molecule has 1 atom stereocenters. The molecule has 0 N–H and O–H groups in total. The summed E-state index contributed by atoms with van der Waals surface area (Å²) >= 11 is 0. The minimum atomic E-state index is -0.0999. The molecule has 0 aromatic heterocycles. The van der Waals surface area contributed by atoms with Crippen LogP contribution in [0.25, 0.3) is 0 Å². The quantitative estimate of drug-likeness (QED) is 0.699. The molecule has 80 valence electrons. The van der Waals surface area contributed by atoms with E-state index in [1.165, 1.54) is 0 Å². The van der Waals surface area contributed by atoms with Gasteiger partial charge in [0.1, 0.15) is 6.23 Å². The Hall–Kier alpha value is -1.35. The van der Waals surface area contributed by atoms with E-state index in [0.717, 1.165) is 11.1 Å². The maximum atomic E-state index is 12.1. The van der Waals surface area contributed by atoms with Crippen LogP contribution < -0.4 is 0 Å². The average Bonchev–Trinajstić information content (AvgIpc) is 2.64. The van der Waals surface area contributed by atoms with Gasteiger partial charge in [-0.15, -0.1) is 0 Å². The van der Waals surface area contributed by atoms with Gasteiger partial charge in [-0.3, -0.25) is 4.79 Å². The maximum absolute atomic E-state index is 12.1. The summed E-state index contributed by atoms with van der Waals surface area (Å²) in [5, 5.41) is 0. The predicted octanol–water partition coefficient (Wildman–Crippen LogP) is 1.81. The van der Waals surface area contributed by atoms with E-state index in [1.54, 1.807) is 4.90 Å². The largest absolute Gasteiger partial charge is 0.357 e. The number of rotatable bonds is 1. The third-order valence-corrected chi connectivity index (χ3v) is 2.77. The molecule has 2 rings (SSSR count). The Morgan fingerprint density at radius 2 is 2.20 bits per heavy atom. The minimum absolute atomic E-state index is 0.0677. The molecule has 1 aliphatic rings. The first-order chi connectivity index (χ1) is 7.20. The molecule has 1 fully saturated rings. The van der Waals surface area contributed by atoms with Gasteiger partial charge in [0.2, 0.25) is 0 Å². The molecule has 1 aromatic carbocycles. The van der Waals surface area contributed by atoms with Crippen molar-refractivity contribution < 1.29 is 9.53 Å². The molecule has 0 spiro atoms. The lowest BCUT2D eigenvalue weighted by atomic mass is 10.1. The third-order valence-electron chi connectivity index (χ3n) is 2.77. The third kappa shape index (κ3) is 1.88. The van der Waals surface area contributed by atoms with E-state index in [2.05, 4.69) is 0 Å². The van der Waals surface area contributed by atoms with E-state index in [9.17, 15) is 4.79 Å². The number of ether oxygens (including phenoxy) is 1. The highest BCUT2D eigenvalue weighted by molar-refractivity contribution is 5.95. The van der Waals surface area contributed by atoms with Gasteiger partial charge in [-0.25, -0.2) is 0 Å². The number of aryl methyl sites for hydroxylation is 1. The van der Waals surface area contributed by atoms with Gasteiger partial charge in [0.05, 0.1) is 6.61 Å². The van der Waals surface area contributed by atoms with E-state index in [0.29, 0.717) is 13.2 Å². The van der Waals surface area contributed by atoms with Crippen LogP contribution in [0.3, 0.4) is 0 Å². The molecule has 1 aromatic rings. The summed E-state index contributed by atoms with van der Waals surface area (Å²) in [6.07, 6.45) is -0.0999. The Kier molecular flexibility index (Phi) is 2.73. The van der Waals surface area contributed by atoms with E-state index >= 15 is 0 Å². The minimum Gasteiger partial charge on any atom is -0.357 e. The molecule has 3 nitrogen and oxygen atoms in total. The van der Waals surface area contributed by atoms with Gasteiger partial charge >= 0.3 is 0 Å². The molecule has 3 heteroatoms. The van der Waals surface area contributed by atoms with Gasteiger partial charge in [-0.2, -0.15) is 0 Å². The number of amides is 1. The Bertz CT molecular complexity index is 376. The summed E-state index contributed by atoms with van der Waals surface area (Å²) in [6.45, 7) is 5.19. The second kappa shape index (κ2) is 4.03. The highest BCUT2D eigenvalue weighted by atomic mass is 16.5. The van der Waals surface area contributed by atoms with Crippen LogP contribution in [0.5, 0.6) is 0 Å². The molecular weight excluding hydrogens is 190 g/mol. The van der Waals surface area contributed by atoms with Gasteiger partial charge in [0.15, 0.2) is 0 Å². The molecule has 0 bridgehead atoms. The van der Waals surface area contributed by atoms with E-state index < -0.39 is 0 Å². The SMILES string of the molecule is Cc1ccccc1C(=O)N1CCOC1C. The van der Waals surface area contributed by atoms with Crippen LogP contribution in [0.1, 0.15) is 22.8 Å². The predicted molar refractivity (Wildman–Crippen MR) is 57.6 cm³/mol. The zero-order chi connectivity index (χ0) is 10.8. The van der Waals surface area contributed by atoms with Crippen molar-refractivity contribution in [3.05, 3.63) is 35.4 Å². The molecule has 0 aliphatic carbocycles.